The SMILES string of the molecule is CC(=O)[O-].CC(=O)[O-].[Ru+2].c1ccc2c(-c3c(P(c4ccc(N5CCCC5)cc4)c4ccc(N5CCCC5)cc4)ccc4ccccc34)c(P(c3ccc(N4CCCC4)cc3)c3ccc(N4CCCC4)cc3)ccc2c1. The van der Waals surface area contributed by atoms with Crippen molar-refractivity contribution in [1.29, 1.82) is 0 Å². The van der Waals surface area contributed by atoms with Gasteiger partial charge in [-0.15, -0.1) is 0 Å². The molecule has 4 aliphatic heterocycles. The van der Waals surface area contributed by atoms with Crippen LogP contribution in [0.1, 0.15) is 65.2 Å². The maximum absolute atomic E-state index is 8.89. The summed E-state index contributed by atoms with van der Waals surface area (Å²) in [6, 6.07) is 67.2. The standard InChI is InChI=1S/C60H60N4P2.2C2H4O2.Ru/c1-3-15-55-45(13-1)17-35-57(65(51-27-19-47(20-28-51)61-37-5-6-38-61)52-29-21-48(22-30-52)62-39-7-8-40-62)59(55)60-56-16-4-2-14-46(56)18-36-58(60)66(53-31-23-49(24-32-53)63-41-9-10-42-63)54-33-25-50(26-34-54)64-43-11-12-44-64;2*1-2(3)4;/h1-4,13-36H,5-12,37-44H2;2*1H3,(H,3,4);/q;;;+2/p-2. The summed E-state index contributed by atoms with van der Waals surface area (Å²) in [5, 5.41) is 31.4. The molecule has 8 nitrogen and oxygen atoms in total. The number of carboxylic acid groups (broad SMARTS) is 2. The van der Waals surface area contributed by atoms with Crippen molar-refractivity contribution >= 4 is 104 Å². The molecule has 0 amide bonds. The first-order valence-electron chi connectivity index (χ1n) is 26.6. The van der Waals surface area contributed by atoms with Crippen molar-refractivity contribution in [3.05, 3.63) is 170 Å². The third-order valence-electron chi connectivity index (χ3n) is 14.9. The average molecular weight is 1120 g/mol. The van der Waals surface area contributed by atoms with Gasteiger partial charge in [-0.1, -0.05) is 121 Å². The number of nitrogens with zero attached hydrogens (tertiary/aromatic N) is 4. The molecule has 4 saturated heterocycles. The van der Waals surface area contributed by atoms with E-state index in [1.165, 1.54) is 139 Å². The van der Waals surface area contributed by atoms with Gasteiger partial charge in [0, 0.05) is 87.0 Å². The van der Waals surface area contributed by atoms with Crippen molar-refractivity contribution in [1.82, 2.24) is 0 Å². The molecule has 0 unspecified atom stereocenters. The minimum Gasteiger partial charge on any atom is -0.550 e. The predicted octanol–water partition coefficient (Wildman–Crippen LogP) is 9.09. The van der Waals surface area contributed by atoms with Gasteiger partial charge in [-0.25, -0.2) is 0 Å². The van der Waals surface area contributed by atoms with Crippen molar-refractivity contribution in [2.45, 2.75) is 65.2 Å². The van der Waals surface area contributed by atoms with Gasteiger partial charge in [-0.3, -0.25) is 0 Å². The number of rotatable bonds is 11. The Morgan fingerprint density at radius 3 is 0.813 bits per heavy atom. The van der Waals surface area contributed by atoms with Gasteiger partial charge in [0.1, 0.15) is 0 Å². The largest absolute Gasteiger partial charge is 2.00 e. The van der Waals surface area contributed by atoms with Crippen molar-refractivity contribution < 1.29 is 39.3 Å². The van der Waals surface area contributed by atoms with E-state index in [4.69, 9.17) is 19.8 Å². The Hall–Kier alpha value is -6.10. The van der Waals surface area contributed by atoms with E-state index >= 15 is 0 Å². The number of anilines is 4. The van der Waals surface area contributed by atoms with Gasteiger partial charge >= 0.3 is 19.5 Å². The Kier molecular flexibility index (Phi) is 18.0. The minimum absolute atomic E-state index is 0. The van der Waals surface area contributed by atoms with Gasteiger partial charge in [0.05, 0.1) is 0 Å². The van der Waals surface area contributed by atoms with Crippen LogP contribution in [0.4, 0.5) is 22.7 Å². The summed E-state index contributed by atoms with van der Waals surface area (Å²) >= 11 is 0. The summed E-state index contributed by atoms with van der Waals surface area (Å²) in [6.07, 6.45) is 10.2. The minimum atomic E-state index is -1.08. The van der Waals surface area contributed by atoms with Crippen LogP contribution in [0.5, 0.6) is 0 Å². The number of carbonyl (C=O) groups is 2. The molecule has 0 spiro atoms. The fraction of sp³-hybridized carbons (Fsp3) is 0.281. The third-order valence-corrected chi connectivity index (χ3v) is 19.8. The summed E-state index contributed by atoms with van der Waals surface area (Å²) in [5.74, 6) is -2.17. The Balaban J connectivity index is 0.000000717. The number of hydrogen-bond acceptors (Lipinski definition) is 8. The molecule has 8 aromatic carbocycles. The second-order valence-corrected chi connectivity index (χ2v) is 24.2. The zero-order valence-corrected chi connectivity index (χ0v) is 46.7. The summed E-state index contributed by atoms with van der Waals surface area (Å²) in [6.45, 7) is 11.1. The van der Waals surface area contributed by atoms with E-state index in [2.05, 4.69) is 189 Å². The summed E-state index contributed by atoms with van der Waals surface area (Å²) in [7, 11) is -1.94. The summed E-state index contributed by atoms with van der Waals surface area (Å²) in [5.41, 5.74) is 8.16. The van der Waals surface area contributed by atoms with Crippen LogP contribution >= 0.6 is 15.8 Å². The predicted molar refractivity (Wildman–Crippen MR) is 311 cm³/mol. The Labute approximate surface area is 458 Å². The van der Waals surface area contributed by atoms with Crippen LogP contribution in [0.25, 0.3) is 32.7 Å². The first-order chi connectivity index (χ1) is 36.2. The van der Waals surface area contributed by atoms with E-state index in [9.17, 15) is 0 Å². The molecule has 0 saturated carbocycles. The van der Waals surface area contributed by atoms with Crippen LogP contribution in [0.3, 0.4) is 0 Å². The van der Waals surface area contributed by atoms with Crippen LogP contribution in [0.2, 0.25) is 0 Å². The quantitative estimate of drug-likeness (QED) is 0.0937. The van der Waals surface area contributed by atoms with E-state index in [0.717, 1.165) is 66.2 Å². The molecule has 8 aromatic rings. The second-order valence-electron chi connectivity index (χ2n) is 19.9. The average Bonchev–Trinajstić information content (AvgIpc) is 4.30. The Bertz CT molecular complexity index is 2840. The fourth-order valence-corrected chi connectivity index (χ4v) is 16.3. The van der Waals surface area contributed by atoms with Crippen LogP contribution in [0.15, 0.2) is 170 Å². The molecule has 0 aliphatic carbocycles. The molecule has 4 heterocycles. The zero-order valence-electron chi connectivity index (χ0n) is 43.1. The first kappa shape index (κ1) is 53.7. The first-order valence-corrected chi connectivity index (χ1v) is 29.3. The second kappa shape index (κ2) is 25.2. The molecule has 4 fully saturated rings. The Morgan fingerprint density at radius 2 is 0.573 bits per heavy atom. The number of hydrogen-bond donors (Lipinski definition) is 0. The van der Waals surface area contributed by atoms with Crippen molar-refractivity contribution in [2.75, 3.05) is 72.0 Å². The molecule has 11 heteroatoms. The van der Waals surface area contributed by atoms with E-state index in [0.29, 0.717) is 0 Å². The van der Waals surface area contributed by atoms with Gasteiger partial charge in [-0.05, 0) is 194 Å². The number of carbonyl (C=O) groups excluding carboxylic acids is 2. The van der Waals surface area contributed by atoms with Crippen LogP contribution in [-0.4, -0.2) is 64.3 Å². The molecule has 0 N–H and O–H groups in total. The van der Waals surface area contributed by atoms with Crippen LogP contribution in [0, 0.1) is 0 Å². The molecule has 384 valence electrons. The maximum atomic E-state index is 8.89. The molecule has 75 heavy (non-hydrogen) atoms. The number of fused-ring (bicyclic) bond motifs is 2. The monoisotopic (exact) mass is 1120 g/mol. The normalized spacial score (nSPS) is 15.3. The molecule has 4 aliphatic rings. The molecular formula is C64H66N4O4P2Ru. The van der Waals surface area contributed by atoms with Crippen LogP contribution < -0.4 is 61.6 Å². The molecule has 12 rings (SSSR count). The number of aliphatic carboxylic acids is 2. The van der Waals surface area contributed by atoms with Gasteiger partial charge in [-0.2, -0.15) is 0 Å². The molecule has 0 bridgehead atoms. The third kappa shape index (κ3) is 12.5. The number of benzene rings is 8. The topological polar surface area (TPSA) is 93.2 Å². The molecule has 0 atom stereocenters. The maximum Gasteiger partial charge on any atom is 2.00 e. The summed E-state index contributed by atoms with van der Waals surface area (Å²) in [4.78, 5) is 28.0. The van der Waals surface area contributed by atoms with Crippen molar-refractivity contribution in [3.63, 3.8) is 0 Å². The smallest absolute Gasteiger partial charge is 0.550 e. The summed E-state index contributed by atoms with van der Waals surface area (Å²) < 4.78 is 0. The molecule has 0 aromatic heterocycles. The van der Waals surface area contributed by atoms with Crippen molar-refractivity contribution in [2.24, 2.45) is 0 Å². The van der Waals surface area contributed by atoms with Gasteiger partial charge in [0.2, 0.25) is 0 Å². The van der Waals surface area contributed by atoms with E-state index < -0.39 is 27.8 Å². The molecule has 0 radical (unpaired) electrons. The fourth-order valence-electron chi connectivity index (χ4n) is 11.4. The molecular weight excluding hydrogens is 1050 g/mol. The van der Waals surface area contributed by atoms with Gasteiger partial charge < -0.3 is 39.4 Å². The van der Waals surface area contributed by atoms with Crippen molar-refractivity contribution in [3.8, 4) is 11.1 Å². The number of carboxylic acids is 2. The van der Waals surface area contributed by atoms with Crippen LogP contribution in [-0.2, 0) is 29.1 Å². The van der Waals surface area contributed by atoms with E-state index in [1.54, 1.807) is 0 Å². The van der Waals surface area contributed by atoms with Gasteiger partial charge in [0.25, 0.3) is 0 Å². The van der Waals surface area contributed by atoms with E-state index in [1.807, 2.05) is 0 Å². The zero-order chi connectivity index (χ0) is 51.0. The Morgan fingerprint density at radius 1 is 0.347 bits per heavy atom. The van der Waals surface area contributed by atoms with Gasteiger partial charge in [0.15, 0.2) is 0 Å². The van der Waals surface area contributed by atoms with E-state index in [-0.39, 0.29) is 19.5 Å².